The average Bonchev–Trinajstić information content (AvgIpc) is 3.00. The Hall–Kier alpha value is -3.02. The minimum absolute atomic E-state index is 0.794. The second-order valence-corrected chi connectivity index (χ2v) is 10.4. The highest BCUT2D eigenvalue weighted by Crippen LogP contribution is 2.34. The van der Waals surface area contributed by atoms with Crippen LogP contribution < -0.4 is 24.8 Å². The van der Waals surface area contributed by atoms with Crippen LogP contribution in [0.15, 0.2) is 66.7 Å². The summed E-state index contributed by atoms with van der Waals surface area (Å²) in [4.78, 5) is 0. The Morgan fingerprint density at radius 1 is 0.525 bits per heavy atom. The molecule has 0 saturated heterocycles. The molecular weight excluding hydrogens is 496 g/mol. The van der Waals surface area contributed by atoms with Crippen molar-refractivity contribution >= 4 is 0 Å². The van der Waals surface area contributed by atoms with E-state index in [0.717, 1.165) is 69.1 Å². The summed E-state index contributed by atoms with van der Waals surface area (Å²) in [5, 5.41) is 7.24. The number of hydrogen-bond donors (Lipinski definition) is 2. The van der Waals surface area contributed by atoms with Crippen molar-refractivity contribution in [1.29, 1.82) is 0 Å². The molecule has 40 heavy (non-hydrogen) atoms. The lowest BCUT2D eigenvalue weighted by atomic mass is 9.96. The van der Waals surface area contributed by atoms with E-state index in [0.29, 0.717) is 0 Å². The number of benzene rings is 3. The number of rotatable bonds is 21. The van der Waals surface area contributed by atoms with Crippen LogP contribution in [0.1, 0.15) is 60.8 Å². The SMILES string of the molecule is COc1cccc(CCc2c(CCNCCCCCCCCNCCc3ccccc3)ccc(OC)c2OC)c1. The van der Waals surface area contributed by atoms with Crippen molar-refractivity contribution in [3.8, 4) is 17.2 Å². The van der Waals surface area contributed by atoms with Crippen LogP contribution in [-0.4, -0.2) is 47.5 Å². The molecule has 5 nitrogen and oxygen atoms in total. The van der Waals surface area contributed by atoms with E-state index in [9.17, 15) is 0 Å². The van der Waals surface area contributed by atoms with Crippen molar-refractivity contribution < 1.29 is 14.2 Å². The maximum absolute atomic E-state index is 5.80. The van der Waals surface area contributed by atoms with Crippen molar-refractivity contribution in [3.05, 3.63) is 89.0 Å². The van der Waals surface area contributed by atoms with E-state index in [4.69, 9.17) is 14.2 Å². The molecule has 0 atom stereocenters. The highest BCUT2D eigenvalue weighted by Gasteiger charge is 2.15. The summed E-state index contributed by atoms with van der Waals surface area (Å²) in [6, 6.07) is 23.2. The first-order chi connectivity index (χ1) is 19.7. The summed E-state index contributed by atoms with van der Waals surface area (Å²) in [5.41, 5.74) is 5.23. The molecule has 0 aliphatic carbocycles. The lowest BCUT2D eigenvalue weighted by Crippen LogP contribution is -2.19. The molecule has 0 unspecified atom stereocenters. The smallest absolute Gasteiger partial charge is 0.164 e. The van der Waals surface area contributed by atoms with Crippen LogP contribution in [0, 0.1) is 0 Å². The zero-order chi connectivity index (χ0) is 28.3. The summed E-state index contributed by atoms with van der Waals surface area (Å²) in [6.45, 7) is 4.25. The number of aryl methyl sites for hydroxylation is 1. The van der Waals surface area contributed by atoms with Gasteiger partial charge >= 0.3 is 0 Å². The topological polar surface area (TPSA) is 51.8 Å². The van der Waals surface area contributed by atoms with Crippen LogP contribution in [-0.2, 0) is 25.7 Å². The monoisotopic (exact) mass is 546 g/mol. The fourth-order valence-electron chi connectivity index (χ4n) is 5.19. The fraction of sp³-hybridized carbons (Fsp3) is 0.486. The molecule has 2 N–H and O–H groups in total. The van der Waals surface area contributed by atoms with Crippen molar-refractivity contribution in [2.45, 2.75) is 64.2 Å². The van der Waals surface area contributed by atoms with Gasteiger partial charge in [0.15, 0.2) is 11.5 Å². The Balaban J connectivity index is 1.29. The normalized spacial score (nSPS) is 11.0. The van der Waals surface area contributed by atoms with Gasteiger partial charge in [-0.2, -0.15) is 0 Å². The Kier molecular flexibility index (Phi) is 15.1. The van der Waals surface area contributed by atoms with Gasteiger partial charge in [0.05, 0.1) is 21.3 Å². The van der Waals surface area contributed by atoms with E-state index in [1.54, 1.807) is 21.3 Å². The summed E-state index contributed by atoms with van der Waals surface area (Å²) >= 11 is 0. The van der Waals surface area contributed by atoms with Gasteiger partial charge in [-0.15, -0.1) is 0 Å². The second-order valence-electron chi connectivity index (χ2n) is 10.4. The summed E-state index contributed by atoms with van der Waals surface area (Å²) in [6.07, 6.45) is 11.7. The summed E-state index contributed by atoms with van der Waals surface area (Å²) in [5.74, 6) is 2.54. The lowest BCUT2D eigenvalue weighted by molar-refractivity contribution is 0.351. The van der Waals surface area contributed by atoms with Gasteiger partial charge in [0.1, 0.15) is 5.75 Å². The van der Waals surface area contributed by atoms with Crippen LogP contribution in [0.2, 0.25) is 0 Å². The molecule has 218 valence electrons. The molecule has 0 saturated carbocycles. The van der Waals surface area contributed by atoms with Crippen molar-refractivity contribution in [3.63, 3.8) is 0 Å². The predicted molar refractivity (Wildman–Crippen MR) is 167 cm³/mol. The molecule has 0 bridgehead atoms. The van der Waals surface area contributed by atoms with Gasteiger partial charge in [-0.05, 0) is 99.6 Å². The molecule has 3 rings (SSSR count). The molecule has 3 aromatic carbocycles. The zero-order valence-corrected chi connectivity index (χ0v) is 25.0. The van der Waals surface area contributed by atoms with E-state index in [2.05, 4.69) is 59.2 Å². The molecule has 0 aromatic heterocycles. The first-order valence-corrected chi connectivity index (χ1v) is 15.1. The highest BCUT2D eigenvalue weighted by atomic mass is 16.5. The Labute approximate surface area is 242 Å². The molecule has 5 heteroatoms. The van der Waals surface area contributed by atoms with Gasteiger partial charge in [-0.25, -0.2) is 0 Å². The number of methoxy groups -OCH3 is 3. The van der Waals surface area contributed by atoms with Gasteiger partial charge in [0.25, 0.3) is 0 Å². The maximum atomic E-state index is 5.80. The van der Waals surface area contributed by atoms with E-state index >= 15 is 0 Å². The summed E-state index contributed by atoms with van der Waals surface area (Å²) < 4.78 is 16.8. The zero-order valence-electron chi connectivity index (χ0n) is 25.0. The van der Waals surface area contributed by atoms with Crippen LogP contribution in [0.5, 0.6) is 17.2 Å². The van der Waals surface area contributed by atoms with Crippen molar-refractivity contribution in [1.82, 2.24) is 10.6 Å². The Morgan fingerprint density at radius 3 is 1.88 bits per heavy atom. The Morgan fingerprint density at radius 2 is 1.20 bits per heavy atom. The lowest BCUT2D eigenvalue weighted by Gasteiger charge is -2.17. The first-order valence-electron chi connectivity index (χ1n) is 15.1. The van der Waals surface area contributed by atoms with Gasteiger partial charge < -0.3 is 24.8 Å². The van der Waals surface area contributed by atoms with Crippen LogP contribution in [0.25, 0.3) is 0 Å². The molecule has 0 spiro atoms. The summed E-state index contributed by atoms with van der Waals surface area (Å²) in [7, 11) is 5.15. The number of hydrogen-bond acceptors (Lipinski definition) is 5. The van der Waals surface area contributed by atoms with E-state index in [1.807, 2.05) is 18.2 Å². The molecule has 0 heterocycles. The second kappa shape index (κ2) is 19.1. The van der Waals surface area contributed by atoms with Gasteiger partial charge in [-0.3, -0.25) is 0 Å². The highest BCUT2D eigenvalue weighted by molar-refractivity contribution is 5.51. The quantitative estimate of drug-likeness (QED) is 0.144. The predicted octanol–water partition coefficient (Wildman–Crippen LogP) is 6.80. The van der Waals surface area contributed by atoms with Crippen LogP contribution in [0.4, 0.5) is 0 Å². The molecular formula is C35H50N2O3. The molecule has 0 aliphatic heterocycles. The van der Waals surface area contributed by atoms with E-state index < -0.39 is 0 Å². The number of ether oxygens (including phenoxy) is 3. The van der Waals surface area contributed by atoms with Gasteiger partial charge in [0.2, 0.25) is 0 Å². The minimum atomic E-state index is 0.794. The van der Waals surface area contributed by atoms with Crippen molar-refractivity contribution in [2.24, 2.45) is 0 Å². The number of nitrogens with one attached hydrogen (secondary N) is 2. The Bertz CT molecular complexity index is 1090. The van der Waals surface area contributed by atoms with Crippen LogP contribution >= 0.6 is 0 Å². The molecule has 3 aromatic rings. The van der Waals surface area contributed by atoms with Gasteiger partial charge in [-0.1, -0.05) is 74.2 Å². The van der Waals surface area contributed by atoms with E-state index in [-0.39, 0.29) is 0 Å². The van der Waals surface area contributed by atoms with Crippen LogP contribution in [0.3, 0.4) is 0 Å². The third kappa shape index (κ3) is 11.2. The molecule has 0 radical (unpaired) electrons. The third-order valence-electron chi connectivity index (χ3n) is 7.50. The molecule has 0 amide bonds. The van der Waals surface area contributed by atoms with Gasteiger partial charge in [0, 0.05) is 5.56 Å². The standard InChI is InChI=1S/C35H50N2O3/c1-38-32-17-13-16-30(28-32)18-20-33-31(19-21-34(39-2)35(33)40-3)23-27-37-25-12-7-5-4-6-11-24-36-26-22-29-14-9-8-10-15-29/h8-10,13-17,19,21,28,36-37H,4-7,11-12,18,20,22-27H2,1-3H3. The maximum Gasteiger partial charge on any atom is 0.164 e. The average molecular weight is 547 g/mol. The molecule has 0 aliphatic rings. The largest absolute Gasteiger partial charge is 0.497 e. The van der Waals surface area contributed by atoms with E-state index in [1.165, 1.54) is 60.8 Å². The fourth-order valence-corrected chi connectivity index (χ4v) is 5.19. The third-order valence-corrected chi connectivity index (χ3v) is 7.50. The number of unbranched alkanes of at least 4 members (excludes halogenated alkanes) is 5. The molecule has 0 fully saturated rings. The first kappa shape index (κ1) is 31.5. The minimum Gasteiger partial charge on any atom is -0.497 e. The van der Waals surface area contributed by atoms with Crippen molar-refractivity contribution in [2.75, 3.05) is 47.5 Å².